The molecule has 1 N–H and O–H groups in total. The van der Waals surface area contributed by atoms with Gasteiger partial charge in [-0.15, -0.1) is 0 Å². The molecule has 0 unspecified atom stereocenters. The third-order valence-corrected chi connectivity index (χ3v) is 2.35. The summed E-state index contributed by atoms with van der Waals surface area (Å²) in [5.74, 6) is 0.531. The number of carboxylic acid groups (broad SMARTS) is 1. The molecule has 2 heterocycles. The van der Waals surface area contributed by atoms with Gasteiger partial charge < -0.3 is 13.9 Å². The lowest BCUT2D eigenvalue weighted by Crippen LogP contribution is -1.96. The first-order valence-electron chi connectivity index (χ1n) is 4.57. The van der Waals surface area contributed by atoms with Crippen LogP contribution in [-0.4, -0.2) is 16.1 Å². The van der Waals surface area contributed by atoms with E-state index in [1.54, 1.807) is 12.1 Å². The Hall–Kier alpha value is -1.56. The highest BCUT2D eigenvalue weighted by molar-refractivity contribution is 9.10. The maximum absolute atomic E-state index is 10.4. The summed E-state index contributed by atoms with van der Waals surface area (Å²) in [6, 6.07) is 3.45. The molecule has 6 heteroatoms. The molecule has 0 aliphatic heterocycles. The zero-order valence-electron chi connectivity index (χ0n) is 8.14. The van der Waals surface area contributed by atoms with E-state index in [1.165, 1.54) is 6.20 Å². The average Bonchev–Trinajstić information content (AvgIpc) is 2.83. The van der Waals surface area contributed by atoms with Gasteiger partial charge in [0, 0.05) is 6.42 Å². The highest BCUT2D eigenvalue weighted by atomic mass is 79.9. The van der Waals surface area contributed by atoms with Gasteiger partial charge in [-0.1, -0.05) is 0 Å². The van der Waals surface area contributed by atoms with Crippen LogP contribution in [0.2, 0.25) is 0 Å². The maximum atomic E-state index is 10.4. The highest BCUT2D eigenvalue weighted by Gasteiger charge is 2.11. The summed E-state index contributed by atoms with van der Waals surface area (Å²) in [5, 5.41) is 8.52. The van der Waals surface area contributed by atoms with Crippen LogP contribution in [0, 0.1) is 0 Å². The highest BCUT2D eigenvalue weighted by Crippen LogP contribution is 2.24. The van der Waals surface area contributed by atoms with Crippen molar-refractivity contribution in [2.45, 2.75) is 12.8 Å². The van der Waals surface area contributed by atoms with Crippen LogP contribution in [0.1, 0.15) is 12.2 Å². The largest absolute Gasteiger partial charge is 0.481 e. The average molecular weight is 286 g/mol. The van der Waals surface area contributed by atoms with Gasteiger partial charge in [-0.2, -0.15) is 0 Å². The first-order valence-corrected chi connectivity index (χ1v) is 5.36. The van der Waals surface area contributed by atoms with E-state index in [4.69, 9.17) is 13.9 Å². The Morgan fingerprint density at radius 2 is 2.25 bits per heavy atom. The Balaban J connectivity index is 2.10. The van der Waals surface area contributed by atoms with E-state index in [2.05, 4.69) is 20.9 Å². The number of aromatic nitrogens is 1. The number of rotatable bonds is 4. The molecular formula is C10H8BrNO4. The van der Waals surface area contributed by atoms with Crippen LogP contribution in [0.15, 0.2) is 31.8 Å². The molecule has 0 saturated carbocycles. The molecule has 2 aromatic heterocycles. The second-order valence-electron chi connectivity index (χ2n) is 3.13. The van der Waals surface area contributed by atoms with Crippen molar-refractivity contribution in [1.29, 1.82) is 0 Å². The Morgan fingerprint density at radius 3 is 2.88 bits per heavy atom. The summed E-state index contributed by atoms with van der Waals surface area (Å²) >= 11 is 3.17. The molecule has 0 amide bonds. The van der Waals surface area contributed by atoms with Gasteiger partial charge in [0.2, 0.25) is 0 Å². The molecule has 0 spiro atoms. The molecule has 2 aromatic rings. The number of oxazole rings is 1. The number of furan rings is 1. The number of aryl methyl sites for hydroxylation is 1. The number of hydrogen-bond donors (Lipinski definition) is 1. The van der Waals surface area contributed by atoms with E-state index in [9.17, 15) is 4.79 Å². The normalized spacial score (nSPS) is 10.6. The lowest BCUT2D eigenvalue weighted by atomic mass is 10.3. The first-order chi connectivity index (χ1) is 7.65. The number of aliphatic carboxylic acids is 1. The summed E-state index contributed by atoms with van der Waals surface area (Å²) in [7, 11) is 0. The van der Waals surface area contributed by atoms with Crippen LogP contribution in [0.4, 0.5) is 0 Å². The smallest absolute Gasteiger partial charge is 0.303 e. The minimum absolute atomic E-state index is 0.0243. The van der Waals surface area contributed by atoms with E-state index < -0.39 is 5.97 Å². The summed E-state index contributed by atoms with van der Waals surface area (Å²) in [6.07, 6.45) is 1.86. The molecule has 0 aliphatic rings. The minimum Gasteiger partial charge on any atom is -0.481 e. The van der Waals surface area contributed by atoms with Gasteiger partial charge in [0.1, 0.15) is 5.76 Å². The molecule has 0 aromatic carbocycles. The van der Waals surface area contributed by atoms with Crippen LogP contribution < -0.4 is 0 Å². The van der Waals surface area contributed by atoms with Gasteiger partial charge in [-0.05, 0) is 28.1 Å². The summed E-state index contributed by atoms with van der Waals surface area (Å²) in [5.41, 5.74) is 0. The maximum Gasteiger partial charge on any atom is 0.303 e. The topological polar surface area (TPSA) is 76.5 Å². The predicted molar refractivity (Wildman–Crippen MR) is 57.9 cm³/mol. The third-order valence-electron chi connectivity index (χ3n) is 1.92. The monoisotopic (exact) mass is 285 g/mol. The Morgan fingerprint density at radius 1 is 1.44 bits per heavy atom. The Labute approximate surface area is 99.2 Å². The van der Waals surface area contributed by atoms with Crippen molar-refractivity contribution in [3.05, 3.63) is 28.8 Å². The van der Waals surface area contributed by atoms with Crippen molar-refractivity contribution >= 4 is 21.9 Å². The number of nitrogens with zero attached hydrogens (tertiary/aromatic N) is 1. The molecule has 0 radical (unpaired) electrons. The Bertz CT molecular complexity index is 502. The minimum atomic E-state index is -0.862. The SMILES string of the molecule is O=C(O)CCc1cnc(-c2ccc(Br)o2)o1. The molecule has 0 fully saturated rings. The van der Waals surface area contributed by atoms with Gasteiger partial charge in [-0.25, -0.2) is 4.98 Å². The fourth-order valence-electron chi connectivity index (χ4n) is 1.20. The van der Waals surface area contributed by atoms with Crippen molar-refractivity contribution in [2.24, 2.45) is 0 Å². The third kappa shape index (κ3) is 2.52. The van der Waals surface area contributed by atoms with Gasteiger partial charge in [0.05, 0.1) is 12.6 Å². The number of carbonyl (C=O) groups is 1. The van der Waals surface area contributed by atoms with Crippen LogP contribution >= 0.6 is 15.9 Å². The quantitative estimate of drug-likeness (QED) is 0.935. The van der Waals surface area contributed by atoms with E-state index in [-0.39, 0.29) is 6.42 Å². The van der Waals surface area contributed by atoms with E-state index in [0.29, 0.717) is 28.5 Å². The van der Waals surface area contributed by atoms with Gasteiger partial charge in [0.25, 0.3) is 5.89 Å². The predicted octanol–water partition coefficient (Wildman–Crippen LogP) is 2.71. The van der Waals surface area contributed by atoms with Crippen molar-refractivity contribution in [3.8, 4) is 11.7 Å². The number of carboxylic acids is 1. The van der Waals surface area contributed by atoms with Crippen LogP contribution in [0.25, 0.3) is 11.7 Å². The summed E-state index contributed by atoms with van der Waals surface area (Å²) < 4.78 is 11.2. The summed E-state index contributed by atoms with van der Waals surface area (Å²) in [4.78, 5) is 14.4. The van der Waals surface area contributed by atoms with Crippen molar-refractivity contribution in [2.75, 3.05) is 0 Å². The van der Waals surface area contributed by atoms with Crippen molar-refractivity contribution in [1.82, 2.24) is 4.98 Å². The van der Waals surface area contributed by atoms with Gasteiger partial charge in [-0.3, -0.25) is 4.79 Å². The standard InChI is InChI=1S/C10H8BrNO4/c11-8-3-2-7(16-8)10-12-5-6(15-10)1-4-9(13)14/h2-3,5H,1,4H2,(H,13,14). The second-order valence-corrected chi connectivity index (χ2v) is 3.91. The van der Waals surface area contributed by atoms with E-state index >= 15 is 0 Å². The van der Waals surface area contributed by atoms with E-state index in [1.807, 2.05) is 0 Å². The van der Waals surface area contributed by atoms with Crippen molar-refractivity contribution < 1.29 is 18.7 Å². The molecule has 0 bridgehead atoms. The van der Waals surface area contributed by atoms with Crippen molar-refractivity contribution in [3.63, 3.8) is 0 Å². The first kappa shape index (κ1) is 10.9. The molecule has 0 saturated heterocycles. The zero-order valence-corrected chi connectivity index (χ0v) is 9.73. The van der Waals surface area contributed by atoms with Crippen LogP contribution in [0.3, 0.4) is 0 Å². The molecular weight excluding hydrogens is 278 g/mol. The zero-order chi connectivity index (χ0) is 11.5. The Kier molecular flexibility index (Phi) is 3.09. The molecule has 16 heavy (non-hydrogen) atoms. The van der Waals surface area contributed by atoms with Crippen LogP contribution in [-0.2, 0) is 11.2 Å². The lowest BCUT2D eigenvalue weighted by Gasteiger charge is -1.91. The molecule has 84 valence electrons. The fraction of sp³-hybridized carbons (Fsp3) is 0.200. The molecule has 0 atom stereocenters. The van der Waals surface area contributed by atoms with Gasteiger partial charge >= 0.3 is 5.97 Å². The number of hydrogen-bond acceptors (Lipinski definition) is 4. The fourth-order valence-corrected chi connectivity index (χ4v) is 1.50. The second kappa shape index (κ2) is 4.52. The molecule has 0 aliphatic carbocycles. The van der Waals surface area contributed by atoms with E-state index in [0.717, 1.165) is 0 Å². The van der Waals surface area contributed by atoms with Gasteiger partial charge in [0.15, 0.2) is 10.4 Å². The summed E-state index contributed by atoms with van der Waals surface area (Å²) in [6.45, 7) is 0. The number of halogens is 1. The molecule has 5 nitrogen and oxygen atoms in total. The molecule has 2 rings (SSSR count). The van der Waals surface area contributed by atoms with Crippen LogP contribution in [0.5, 0.6) is 0 Å². The lowest BCUT2D eigenvalue weighted by molar-refractivity contribution is -0.137.